The van der Waals surface area contributed by atoms with Crippen LogP contribution in [0.2, 0.25) is 0 Å². The molecule has 2 aromatic carbocycles. The Morgan fingerprint density at radius 3 is 2.65 bits per heavy atom. The van der Waals surface area contributed by atoms with Crippen molar-refractivity contribution < 1.29 is 4.74 Å². The highest BCUT2D eigenvalue weighted by Gasteiger charge is 2.29. The fraction of sp³-hybridized carbons (Fsp3) is 0.294. The lowest BCUT2D eigenvalue weighted by molar-refractivity contribution is 0.265. The molecule has 0 amide bonds. The summed E-state index contributed by atoms with van der Waals surface area (Å²) >= 11 is 1.96. The van der Waals surface area contributed by atoms with Gasteiger partial charge in [-0.2, -0.15) is 0 Å². The molecule has 0 aliphatic carbocycles. The molecule has 0 saturated carbocycles. The van der Waals surface area contributed by atoms with Crippen LogP contribution in [-0.4, -0.2) is 18.9 Å². The van der Waals surface area contributed by atoms with Crippen molar-refractivity contribution in [3.63, 3.8) is 0 Å². The summed E-state index contributed by atoms with van der Waals surface area (Å²) in [7, 11) is 2.03. The smallest absolute Gasteiger partial charge is 0.124 e. The second kappa shape index (κ2) is 6.33. The first-order valence-electron chi connectivity index (χ1n) is 6.93. The Bertz CT molecular complexity index is 558. The van der Waals surface area contributed by atoms with Crippen molar-refractivity contribution >= 4 is 11.8 Å². The highest BCUT2D eigenvalue weighted by Crippen LogP contribution is 2.37. The molecule has 2 atom stereocenters. The Hall–Kier alpha value is -1.45. The van der Waals surface area contributed by atoms with Gasteiger partial charge in [0.25, 0.3) is 0 Å². The van der Waals surface area contributed by atoms with Gasteiger partial charge in [-0.25, -0.2) is 0 Å². The minimum absolute atomic E-state index is 0.355. The average Bonchev–Trinajstić information content (AvgIpc) is 2.53. The Morgan fingerprint density at radius 1 is 1.10 bits per heavy atom. The van der Waals surface area contributed by atoms with Gasteiger partial charge in [0.1, 0.15) is 12.4 Å². The Labute approximate surface area is 124 Å². The number of nitrogens with one attached hydrogen (secondary N) is 1. The first kappa shape index (κ1) is 13.5. The molecule has 3 heteroatoms. The van der Waals surface area contributed by atoms with Crippen molar-refractivity contribution in [2.75, 3.05) is 13.7 Å². The molecule has 0 aromatic heterocycles. The maximum absolute atomic E-state index is 5.90. The van der Waals surface area contributed by atoms with E-state index in [-0.39, 0.29) is 0 Å². The monoisotopic (exact) mass is 285 g/mol. The van der Waals surface area contributed by atoms with Crippen molar-refractivity contribution in [2.45, 2.75) is 17.0 Å². The van der Waals surface area contributed by atoms with Gasteiger partial charge >= 0.3 is 0 Å². The summed E-state index contributed by atoms with van der Waals surface area (Å²) in [4.78, 5) is 0. The quantitative estimate of drug-likeness (QED) is 0.926. The normalized spacial score (nSPS) is 21.1. The molecule has 104 valence electrons. The summed E-state index contributed by atoms with van der Waals surface area (Å²) in [6, 6.07) is 19.3. The summed E-state index contributed by atoms with van der Waals surface area (Å²) < 4.78 is 5.90. The lowest BCUT2D eigenvalue weighted by atomic mass is 10.0. The fourth-order valence-corrected chi connectivity index (χ4v) is 3.84. The van der Waals surface area contributed by atoms with Gasteiger partial charge < -0.3 is 10.1 Å². The van der Waals surface area contributed by atoms with Crippen LogP contribution in [0.15, 0.2) is 54.6 Å². The molecular weight excluding hydrogens is 266 g/mol. The minimum atomic E-state index is 0.355. The highest BCUT2D eigenvalue weighted by atomic mass is 32.2. The molecule has 1 N–H and O–H groups in total. The minimum Gasteiger partial charge on any atom is -0.492 e. The van der Waals surface area contributed by atoms with Gasteiger partial charge in [-0.3, -0.25) is 0 Å². The average molecular weight is 285 g/mol. The van der Waals surface area contributed by atoms with Crippen LogP contribution in [0.1, 0.15) is 17.2 Å². The second-order valence-corrected chi connectivity index (χ2v) is 6.18. The third-order valence-corrected chi connectivity index (χ3v) is 4.98. The number of hydrogen-bond donors (Lipinski definition) is 1. The van der Waals surface area contributed by atoms with Crippen LogP contribution >= 0.6 is 11.8 Å². The molecular formula is C17H19NOS. The van der Waals surface area contributed by atoms with Crippen molar-refractivity contribution in [3.8, 4) is 5.75 Å². The van der Waals surface area contributed by atoms with Gasteiger partial charge in [0, 0.05) is 11.3 Å². The van der Waals surface area contributed by atoms with E-state index in [1.165, 1.54) is 11.1 Å². The predicted octanol–water partition coefficient (Wildman–Crippen LogP) is 3.64. The SMILES string of the molecule is CNC1c2ccccc2OCC1SCc1ccccc1. The van der Waals surface area contributed by atoms with E-state index < -0.39 is 0 Å². The van der Waals surface area contributed by atoms with Crippen molar-refractivity contribution in [3.05, 3.63) is 65.7 Å². The van der Waals surface area contributed by atoms with Crippen LogP contribution in [0.4, 0.5) is 0 Å². The number of hydrogen-bond acceptors (Lipinski definition) is 3. The number of thioether (sulfide) groups is 1. The van der Waals surface area contributed by atoms with Gasteiger partial charge in [-0.15, -0.1) is 11.8 Å². The van der Waals surface area contributed by atoms with Crippen molar-refractivity contribution in [1.82, 2.24) is 5.32 Å². The van der Waals surface area contributed by atoms with E-state index in [2.05, 4.69) is 53.8 Å². The van der Waals surface area contributed by atoms with E-state index in [0.717, 1.165) is 18.1 Å². The van der Waals surface area contributed by atoms with Gasteiger partial charge in [0.15, 0.2) is 0 Å². The third kappa shape index (κ3) is 2.84. The van der Waals surface area contributed by atoms with E-state index in [1.807, 2.05) is 24.9 Å². The second-order valence-electron chi connectivity index (χ2n) is 4.95. The van der Waals surface area contributed by atoms with Gasteiger partial charge in [0.2, 0.25) is 0 Å². The summed E-state index contributed by atoms with van der Waals surface area (Å²) in [6.07, 6.45) is 0. The van der Waals surface area contributed by atoms with E-state index in [9.17, 15) is 0 Å². The van der Waals surface area contributed by atoms with E-state index >= 15 is 0 Å². The molecule has 1 aliphatic heterocycles. The highest BCUT2D eigenvalue weighted by molar-refractivity contribution is 7.99. The molecule has 0 spiro atoms. The maximum Gasteiger partial charge on any atom is 0.124 e. The van der Waals surface area contributed by atoms with Crippen LogP contribution < -0.4 is 10.1 Å². The lowest BCUT2D eigenvalue weighted by Gasteiger charge is -2.33. The Morgan fingerprint density at radius 2 is 1.85 bits per heavy atom. The van der Waals surface area contributed by atoms with Gasteiger partial charge in [-0.1, -0.05) is 48.5 Å². The van der Waals surface area contributed by atoms with Gasteiger partial charge in [0.05, 0.1) is 11.3 Å². The molecule has 2 nitrogen and oxygen atoms in total. The van der Waals surface area contributed by atoms with Crippen LogP contribution in [-0.2, 0) is 5.75 Å². The topological polar surface area (TPSA) is 21.3 Å². The van der Waals surface area contributed by atoms with Gasteiger partial charge in [-0.05, 0) is 18.7 Å². The number of ether oxygens (including phenoxy) is 1. The van der Waals surface area contributed by atoms with Crippen LogP contribution in [0.5, 0.6) is 5.75 Å². The molecule has 20 heavy (non-hydrogen) atoms. The van der Waals surface area contributed by atoms with E-state index in [1.54, 1.807) is 0 Å². The maximum atomic E-state index is 5.90. The van der Waals surface area contributed by atoms with Crippen LogP contribution in [0, 0.1) is 0 Å². The molecule has 0 radical (unpaired) electrons. The number of para-hydroxylation sites is 1. The number of benzene rings is 2. The molecule has 2 unspecified atom stereocenters. The lowest BCUT2D eigenvalue weighted by Crippen LogP contribution is -2.35. The van der Waals surface area contributed by atoms with E-state index in [4.69, 9.17) is 4.74 Å². The Kier molecular flexibility index (Phi) is 4.28. The zero-order valence-electron chi connectivity index (χ0n) is 11.6. The largest absolute Gasteiger partial charge is 0.492 e. The third-order valence-electron chi connectivity index (χ3n) is 3.65. The van der Waals surface area contributed by atoms with Crippen LogP contribution in [0.3, 0.4) is 0 Å². The molecule has 3 rings (SSSR count). The molecule has 0 saturated heterocycles. The first-order valence-corrected chi connectivity index (χ1v) is 7.98. The Balaban J connectivity index is 1.71. The molecule has 1 heterocycles. The summed E-state index contributed by atoms with van der Waals surface area (Å²) in [6.45, 7) is 0.764. The number of fused-ring (bicyclic) bond motifs is 1. The molecule has 0 bridgehead atoms. The fourth-order valence-electron chi connectivity index (χ4n) is 2.60. The standard InChI is InChI=1S/C17H19NOS/c1-18-17-14-9-5-6-10-15(14)19-11-16(17)20-12-13-7-3-2-4-8-13/h2-10,16-18H,11-12H2,1H3. The summed E-state index contributed by atoms with van der Waals surface area (Å²) in [5.74, 6) is 2.04. The first-order chi connectivity index (χ1) is 9.88. The molecule has 1 aliphatic rings. The zero-order valence-corrected chi connectivity index (χ0v) is 12.4. The van der Waals surface area contributed by atoms with Crippen LogP contribution in [0.25, 0.3) is 0 Å². The number of rotatable bonds is 4. The predicted molar refractivity (Wildman–Crippen MR) is 85.3 cm³/mol. The van der Waals surface area contributed by atoms with E-state index in [0.29, 0.717) is 11.3 Å². The van der Waals surface area contributed by atoms with Crippen molar-refractivity contribution in [1.29, 1.82) is 0 Å². The zero-order chi connectivity index (χ0) is 13.8. The summed E-state index contributed by atoms with van der Waals surface area (Å²) in [5.41, 5.74) is 2.64. The molecule has 0 fully saturated rings. The summed E-state index contributed by atoms with van der Waals surface area (Å²) in [5, 5.41) is 3.89. The molecule has 2 aromatic rings. The van der Waals surface area contributed by atoms with Crippen molar-refractivity contribution in [2.24, 2.45) is 0 Å².